The van der Waals surface area contributed by atoms with Gasteiger partial charge < -0.3 is 15.4 Å². The third-order valence-corrected chi connectivity index (χ3v) is 4.18. The Kier molecular flexibility index (Phi) is 5.88. The Morgan fingerprint density at radius 2 is 1.89 bits per heavy atom. The summed E-state index contributed by atoms with van der Waals surface area (Å²) in [7, 11) is 1.56. The Bertz CT molecular complexity index is 928. The van der Waals surface area contributed by atoms with Crippen LogP contribution >= 0.6 is 11.6 Å². The maximum Gasteiger partial charge on any atom is 0.271 e. The van der Waals surface area contributed by atoms with E-state index in [2.05, 4.69) is 20.6 Å². The van der Waals surface area contributed by atoms with Gasteiger partial charge in [-0.1, -0.05) is 41.4 Å². The highest BCUT2D eigenvalue weighted by atomic mass is 35.5. The van der Waals surface area contributed by atoms with Crippen LogP contribution in [0.5, 0.6) is 5.75 Å². The molecule has 0 aliphatic heterocycles. The van der Waals surface area contributed by atoms with Gasteiger partial charge in [0.15, 0.2) is 0 Å². The Morgan fingerprint density at radius 3 is 2.52 bits per heavy atom. The van der Waals surface area contributed by atoms with Gasteiger partial charge in [0, 0.05) is 12.2 Å². The van der Waals surface area contributed by atoms with Crippen LogP contribution in [0.2, 0.25) is 5.02 Å². The van der Waals surface area contributed by atoms with Gasteiger partial charge in [-0.25, -0.2) is 9.97 Å². The van der Waals surface area contributed by atoms with Gasteiger partial charge in [-0.05, 0) is 30.7 Å². The zero-order valence-corrected chi connectivity index (χ0v) is 15.7. The van der Waals surface area contributed by atoms with E-state index < -0.39 is 0 Å². The van der Waals surface area contributed by atoms with Crippen molar-refractivity contribution in [3.63, 3.8) is 0 Å². The Morgan fingerprint density at radius 1 is 1.11 bits per heavy atom. The maximum atomic E-state index is 12.2. The molecule has 0 saturated carbocycles. The number of benzene rings is 2. The summed E-state index contributed by atoms with van der Waals surface area (Å²) < 4.78 is 5.12. The molecular formula is C20H19ClN4O2. The minimum absolute atomic E-state index is 0.250. The van der Waals surface area contributed by atoms with Crippen LogP contribution in [-0.4, -0.2) is 23.0 Å². The van der Waals surface area contributed by atoms with E-state index in [-0.39, 0.29) is 11.6 Å². The molecule has 0 radical (unpaired) electrons. The molecule has 0 bridgehead atoms. The number of nitrogens with zero attached hydrogens (tertiary/aromatic N) is 2. The summed E-state index contributed by atoms with van der Waals surface area (Å²) in [5, 5.41) is 6.40. The van der Waals surface area contributed by atoms with Crippen molar-refractivity contribution in [3.05, 3.63) is 76.7 Å². The predicted molar refractivity (Wildman–Crippen MR) is 106 cm³/mol. The highest BCUT2D eigenvalue weighted by Crippen LogP contribution is 2.28. The summed E-state index contributed by atoms with van der Waals surface area (Å²) in [5.41, 5.74) is 3.20. The largest absolute Gasteiger partial charge is 0.495 e. The van der Waals surface area contributed by atoms with Crippen LogP contribution in [-0.2, 0) is 6.54 Å². The van der Waals surface area contributed by atoms with Gasteiger partial charge in [0.1, 0.15) is 17.3 Å². The second kappa shape index (κ2) is 8.51. The molecule has 0 spiro atoms. The molecule has 27 heavy (non-hydrogen) atoms. The molecule has 2 N–H and O–H groups in total. The molecule has 7 heteroatoms. The third-order valence-electron chi connectivity index (χ3n) is 3.88. The number of nitrogens with one attached hydrogen (secondary N) is 2. The molecule has 138 valence electrons. The molecule has 1 heterocycles. The van der Waals surface area contributed by atoms with Crippen molar-refractivity contribution < 1.29 is 9.53 Å². The number of amides is 1. The second-order valence-corrected chi connectivity index (χ2v) is 6.34. The molecule has 0 fully saturated rings. The fraction of sp³-hybridized carbons (Fsp3) is 0.150. The molecule has 0 unspecified atom stereocenters. The lowest BCUT2D eigenvalue weighted by atomic mass is 10.1. The number of hydrogen-bond acceptors (Lipinski definition) is 5. The van der Waals surface area contributed by atoms with E-state index in [0.29, 0.717) is 23.1 Å². The summed E-state index contributed by atoms with van der Waals surface area (Å²) in [6.45, 7) is 2.46. The van der Waals surface area contributed by atoms with E-state index in [4.69, 9.17) is 16.3 Å². The topological polar surface area (TPSA) is 76.1 Å². The molecule has 0 saturated heterocycles. The Balaban J connectivity index is 1.60. The van der Waals surface area contributed by atoms with E-state index in [0.717, 1.165) is 11.3 Å². The van der Waals surface area contributed by atoms with Gasteiger partial charge in [0.2, 0.25) is 0 Å². The first-order chi connectivity index (χ1) is 13.0. The highest BCUT2D eigenvalue weighted by Gasteiger charge is 2.08. The van der Waals surface area contributed by atoms with E-state index in [1.54, 1.807) is 19.2 Å². The van der Waals surface area contributed by atoms with E-state index in [1.165, 1.54) is 18.0 Å². The summed E-state index contributed by atoms with van der Waals surface area (Å²) in [4.78, 5) is 20.6. The number of aryl methyl sites for hydroxylation is 1. The van der Waals surface area contributed by atoms with Crippen LogP contribution in [0.25, 0.3) is 0 Å². The van der Waals surface area contributed by atoms with Crippen molar-refractivity contribution in [2.75, 3.05) is 12.4 Å². The van der Waals surface area contributed by atoms with Gasteiger partial charge >= 0.3 is 0 Å². The van der Waals surface area contributed by atoms with Gasteiger partial charge in [0.25, 0.3) is 5.91 Å². The number of anilines is 2. The number of ether oxygens (including phenoxy) is 1. The number of hydrogen-bond donors (Lipinski definition) is 2. The molecule has 0 atom stereocenters. The average Bonchev–Trinajstić information content (AvgIpc) is 2.68. The standard InChI is InChI=1S/C20H19ClN4O2/c1-13-3-5-14(6-4-13)10-24-20(26)17-11-23-19(12-22-17)25-15-7-8-18(27-2)16(21)9-15/h3-9,11-12H,10H2,1-2H3,(H,23,25)(H,24,26). The number of halogens is 1. The molecular weight excluding hydrogens is 364 g/mol. The SMILES string of the molecule is COc1ccc(Nc2cnc(C(=O)NCc3ccc(C)cc3)cn2)cc1Cl. The lowest BCUT2D eigenvalue weighted by Crippen LogP contribution is -2.24. The lowest BCUT2D eigenvalue weighted by molar-refractivity contribution is 0.0945. The van der Waals surface area contributed by atoms with Gasteiger partial charge in [-0.3, -0.25) is 4.79 Å². The monoisotopic (exact) mass is 382 g/mol. The first-order valence-corrected chi connectivity index (χ1v) is 8.69. The fourth-order valence-electron chi connectivity index (χ4n) is 2.38. The molecule has 3 aromatic rings. The Labute approximate surface area is 162 Å². The number of carbonyl (C=O) groups is 1. The van der Waals surface area contributed by atoms with Crippen LogP contribution in [0.3, 0.4) is 0 Å². The van der Waals surface area contributed by atoms with Gasteiger partial charge in [0.05, 0.1) is 24.5 Å². The molecule has 0 aliphatic rings. The number of carbonyl (C=O) groups excluding carboxylic acids is 1. The van der Waals surface area contributed by atoms with Crippen molar-refractivity contribution >= 4 is 29.0 Å². The minimum atomic E-state index is -0.276. The lowest BCUT2D eigenvalue weighted by Gasteiger charge is -2.09. The summed E-state index contributed by atoms with van der Waals surface area (Å²) in [6.07, 6.45) is 2.93. The number of rotatable bonds is 6. The fourth-order valence-corrected chi connectivity index (χ4v) is 2.64. The average molecular weight is 383 g/mol. The molecule has 0 aliphatic carbocycles. The summed E-state index contributed by atoms with van der Waals surface area (Å²) in [5.74, 6) is 0.822. The first-order valence-electron chi connectivity index (χ1n) is 8.31. The second-order valence-electron chi connectivity index (χ2n) is 5.93. The van der Waals surface area contributed by atoms with Gasteiger partial charge in [-0.2, -0.15) is 0 Å². The van der Waals surface area contributed by atoms with E-state index in [9.17, 15) is 4.79 Å². The maximum absolute atomic E-state index is 12.2. The van der Waals surface area contributed by atoms with Gasteiger partial charge in [-0.15, -0.1) is 0 Å². The van der Waals surface area contributed by atoms with E-state index >= 15 is 0 Å². The van der Waals surface area contributed by atoms with Crippen molar-refractivity contribution in [1.82, 2.24) is 15.3 Å². The van der Waals surface area contributed by atoms with Crippen LogP contribution < -0.4 is 15.4 Å². The van der Waals surface area contributed by atoms with Crippen molar-refractivity contribution in [2.24, 2.45) is 0 Å². The third kappa shape index (κ3) is 4.95. The normalized spacial score (nSPS) is 10.3. The molecule has 1 amide bonds. The minimum Gasteiger partial charge on any atom is -0.495 e. The molecule has 2 aromatic carbocycles. The summed E-state index contributed by atoms with van der Waals surface area (Å²) in [6, 6.07) is 13.3. The predicted octanol–water partition coefficient (Wildman–Crippen LogP) is 4.12. The number of aromatic nitrogens is 2. The summed E-state index contributed by atoms with van der Waals surface area (Å²) >= 11 is 6.10. The smallest absolute Gasteiger partial charge is 0.271 e. The molecule has 3 rings (SSSR count). The van der Waals surface area contributed by atoms with Crippen molar-refractivity contribution in [1.29, 1.82) is 0 Å². The number of methoxy groups -OCH3 is 1. The zero-order valence-electron chi connectivity index (χ0n) is 15.0. The van der Waals surface area contributed by atoms with Crippen LogP contribution in [0, 0.1) is 6.92 Å². The van der Waals surface area contributed by atoms with E-state index in [1.807, 2.05) is 37.3 Å². The molecule has 6 nitrogen and oxygen atoms in total. The Hall–Kier alpha value is -3.12. The first kappa shape index (κ1) is 18.7. The molecule has 1 aromatic heterocycles. The van der Waals surface area contributed by atoms with Crippen LogP contribution in [0.1, 0.15) is 21.6 Å². The highest BCUT2D eigenvalue weighted by molar-refractivity contribution is 6.32. The van der Waals surface area contributed by atoms with Crippen molar-refractivity contribution in [2.45, 2.75) is 13.5 Å². The van der Waals surface area contributed by atoms with Crippen LogP contribution in [0.4, 0.5) is 11.5 Å². The zero-order chi connectivity index (χ0) is 19.2. The quantitative estimate of drug-likeness (QED) is 0.670. The van der Waals surface area contributed by atoms with Crippen molar-refractivity contribution in [3.8, 4) is 5.75 Å². The van der Waals surface area contributed by atoms with Crippen LogP contribution in [0.15, 0.2) is 54.9 Å².